The first kappa shape index (κ1) is 18.9. The van der Waals surface area contributed by atoms with Gasteiger partial charge >= 0.3 is 0 Å². The van der Waals surface area contributed by atoms with Crippen molar-refractivity contribution in [3.05, 3.63) is 35.4 Å². The van der Waals surface area contributed by atoms with E-state index in [4.69, 9.17) is 5.73 Å². The van der Waals surface area contributed by atoms with E-state index < -0.39 is 0 Å². The fourth-order valence-corrected chi connectivity index (χ4v) is 3.35. The molecule has 1 heterocycles. The van der Waals surface area contributed by atoms with E-state index in [1.807, 2.05) is 0 Å². The summed E-state index contributed by atoms with van der Waals surface area (Å²) in [6, 6.07) is 8.96. The lowest BCUT2D eigenvalue weighted by Gasteiger charge is -2.32. The largest absolute Gasteiger partial charge is 0.353 e. The topological polar surface area (TPSA) is 58.4 Å². The summed E-state index contributed by atoms with van der Waals surface area (Å²) in [7, 11) is 0. The highest BCUT2D eigenvalue weighted by molar-refractivity contribution is 5.76. The summed E-state index contributed by atoms with van der Waals surface area (Å²) in [6.07, 6.45) is 7.09. The molecule has 1 amide bonds. The lowest BCUT2D eigenvalue weighted by atomic mass is 10.0. The number of hydrogen-bond acceptors (Lipinski definition) is 3. The zero-order valence-electron chi connectivity index (χ0n) is 15.1. The summed E-state index contributed by atoms with van der Waals surface area (Å²) < 4.78 is 0. The number of likely N-dealkylation sites (tertiary alicyclic amines) is 1. The molecule has 0 spiro atoms. The van der Waals surface area contributed by atoms with Gasteiger partial charge in [0.1, 0.15) is 0 Å². The number of hydrogen-bond donors (Lipinski definition) is 2. The van der Waals surface area contributed by atoms with Crippen LogP contribution < -0.4 is 11.1 Å². The number of piperidine rings is 1. The maximum absolute atomic E-state index is 12.0. The third-order valence-corrected chi connectivity index (χ3v) is 4.97. The third kappa shape index (κ3) is 6.62. The SMILES string of the molecule is Cc1ccccc1CN1CCC(NC(=O)CCCCCCN)CC1. The van der Waals surface area contributed by atoms with E-state index in [9.17, 15) is 4.79 Å². The summed E-state index contributed by atoms with van der Waals surface area (Å²) in [5.74, 6) is 0.222. The molecule has 1 aliphatic rings. The van der Waals surface area contributed by atoms with E-state index in [-0.39, 0.29) is 5.91 Å². The van der Waals surface area contributed by atoms with Crippen molar-refractivity contribution in [3.63, 3.8) is 0 Å². The number of nitrogens with zero attached hydrogens (tertiary/aromatic N) is 1. The normalized spacial score (nSPS) is 16.2. The smallest absolute Gasteiger partial charge is 0.220 e. The Morgan fingerprint density at radius 1 is 1.17 bits per heavy atom. The standard InChI is InChI=1S/C20H33N3O/c1-17-8-5-6-9-18(17)16-23-14-11-19(12-15-23)22-20(24)10-4-2-3-7-13-21/h5-6,8-9,19H,2-4,7,10-16,21H2,1H3,(H,22,24). The first-order valence-corrected chi connectivity index (χ1v) is 9.45. The van der Waals surface area contributed by atoms with Gasteiger partial charge in [0.25, 0.3) is 0 Å². The second kappa shape index (κ2) is 10.5. The van der Waals surface area contributed by atoms with Crippen molar-refractivity contribution in [1.82, 2.24) is 10.2 Å². The molecule has 1 aromatic rings. The number of nitrogens with two attached hydrogens (primary N) is 1. The minimum atomic E-state index is 0.222. The van der Waals surface area contributed by atoms with Crippen molar-refractivity contribution in [1.29, 1.82) is 0 Å². The van der Waals surface area contributed by atoms with E-state index in [0.29, 0.717) is 12.5 Å². The van der Waals surface area contributed by atoms with Crippen molar-refractivity contribution in [3.8, 4) is 0 Å². The van der Waals surface area contributed by atoms with Gasteiger partial charge in [-0.2, -0.15) is 0 Å². The minimum Gasteiger partial charge on any atom is -0.353 e. The molecule has 3 N–H and O–H groups in total. The highest BCUT2D eigenvalue weighted by Crippen LogP contribution is 2.16. The number of carbonyl (C=O) groups excluding carboxylic acids is 1. The quantitative estimate of drug-likeness (QED) is 0.684. The molecule has 1 aliphatic heterocycles. The molecule has 4 heteroatoms. The Balaban J connectivity index is 1.62. The van der Waals surface area contributed by atoms with Gasteiger partial charge in [0.05, 0.1) is 0 Å². The van der Waals surface area contributed by atoms with Gasteiger partial charge in [-0.25, -0.2) is 0 Å². The van der Waals surface area contributed by atoms with E-state index in [0.717, 1.165) is 64.7 Å². The Labute approximate surface area is 146 Å². The molecule has 0 unspecified atom stereocenters. The number of nitrogens with one attached hydrogen (secondary N) is 1. The molecule has 134 valence electrons. The van der Waals surface area contributed by atoms with Crippen LogP contribution in [0.3, 0.4) is 0 Å². The molecular weight excluding hydrogens is 298 g/mol. The highest BCUT2D eigenvalue weighted by atomic mass is 16.1. The monoisotopic (exact) mass is 331 g/mol. The molecule has 1 fully saturated rings. The summed E-state index contributed by atoms with van der Waals surface area (Å²) in [5, 5.41) is 3.22. The molecule has 0 saturated carbocycles. The Hall–Kier alpha value is -1.39. The van der Waals surface area contributed by atoms with Gasteiger partial charge in [0.2, 0.25) is 5.91 Å². The molecule has 0 radical (unpaired) electrons. The number of benzene rings is 1. The second-order valence-corrected chi connectivity index (χ2v) is 7.00. The van der Waals surface area contributed by atoms with Crippen LogP contribution in [0.1, 0.15) is 56.1 Å². The molecule has 0 bridgehead atoms. The van der Waals surface area contributed by atoms with Crippen molar-refractivity contribution < 1.29 is 4.79 Å². The Morgan fingerprint density at radius 3 is 2.58 bits per heavy atom. The molecule has 24 heavy (non-hydrogen) atoms. The van der Waals surface area contributed by atoms with Gasteiger partial charge in [-0.15, -0.1) is 0 Å². The van der Waals surface area contributed by atoms with Crippen molar-refractivity contribution >= 4 is 5.91 Å². The fraction of sp³-hybridized carbons (Fsp3) is 0.650. The fourth-order valence-electron chi connectivity index (χ4n) is 3.35. The molecule has 4 nitrogen and oxygen atoms in total. The number of rotatable bonds is 9. The van der Waals surface area contributed by atoms with Gasteiger partial charge in [0, 0.05) is 32.1 Å². The maximum Gasteiger partial charge on any atom is 0.220 e. The van der Waals surface area contributed by atoms with Crippen LogP contribution in [0.2, 0.25) is 0 Å². The van der Waals surface area contributed by atoms with Gasteiger partial charge in [-0.05, 0) is 50.3 Å². The number of carbonyl (C=O) groups is 1. The molecule has 1 saturated heterocycles. The zero-order valence-corrected chi connectivity index (χ0v) is 15.1. The first-order chi connectivity index (χ1) is 11.7. The van der Waals surface area contributed by atoms with Crippen molar-refractivity contribution in [2.45, 2.75) is 64.5 Å². The number of aryl methyl sites for hydroxylation is 1. The van der Waals surface area contributed by atoms with Gasteiger partial charge in [0.15, 0.2) is 0 Å². The van der Waals surface area contributed by atoms with Crippen LogP contribution in [0.5, 0.6) is 0 Å². The average molecular weight is 332 g/mol. The molecule has 1 aromatic carbocycles. The zero-order chi connectivity index (χ0) is 17.2. The Bertz CT molecular complexity index is 495. The van der Waals surface area contributed by atoms with Crippen molar-refractivity contribution in [2.75, 3.05) is 19.6 Å². The van der Waals surface area contributed by atoms with Gasteiger partial charge in [-0.1, -0.05) is 37.1 Å². The predicted octanol–water partition coefficient (Wildman–Crippen LogP) is 2.98. The Kier molecular flexibility index (Phi) is 8.26. The Morgan fingerprint density at radius 2 is 1.88 bits per heavy atom. The minimum absolute atomic E-state index is 0.222. The predicted molar refractivity (Wildman–Crippen MR) is 99.8 cm³/mol. The first-order valence-electron chi connectivity index (χ1n) is 9.45. The van der Waals surface area contributed by atoms with Crippen LogP contribution in [0.25, 0.3) is 0 Å². The van der Waals surface area contributed by atoms with Gasteiger partial charge < -0.3 is 11.1 Å². The summed E-state index contributed by atoms with van der Waals surface area (Å²) in [5.41, 5.74) is 8.26. The molecule has 0 aromatic heterocycles. The second-order valence-electron chi connectivity index (χ2n) is 7.00. The lowest BCUT2D eigenvalue weighted by Crippen LogP contribution is -2.44. The van der Waals surface area contributed by atoms with Crippen LogP contribution >= 0.6 is 0 Å². The molecule has 2 rings (SSSR count). The van der Waals surface area contributed by atoms with E-state index in [1.165, 1.54) is 11.1 Å². The van der Waals surface area contributed by atoms with Gasteiger partial charge in [-0.3, -0.25) is 9.69 Å². The lowest BCUT2D eigenvalue weighted by molar-refractivity contribution is -0.122. The van der Waals surface area contributed by atoms with Crippen LogP contribution in [0.15, 0.2) is 24.3 Å². The summed E-state index contributed by atoms with van der Waals surface area (Å²) in [4.78, 5) is 14.5. The van der Waals surface area contributed by atoms with E-state index in [1.54, 1.807) is 0 Å². The average Bonchev–Trinajstić information content (AvgIpc) is 2.58. The number of amides is 1. The van der Waals surface area contributed by atoms with E-state index in [2.05, 4.69) is 41.4 Å². The number of unbranched alkanes of at least 4 members (excludes halogenated alkanes) is 3. The van der Waals surface area contributed by atoms with Crippen LogP contribution in [0, 0.1) is 6.92 Å². The summed E-state index contributed by atoms with van der Waals surface area (Å²) >= 11 is 0. The third-order valence-electron chi connectivity index (χ3n) is 4.97. The molecule has 0 atom stereocenters. The van der Waals surface area contributed by atoms with Crippen LogP contribution in [0.4, 0.5) is 0 Å². The molecular formula is C20H33N3O. The molecule has 0 aliphatic carbocycles. The van der Waals surface area contributed by atoms with Crippen LogP contribution in [-0.4, -0.2) is 36.5 Å². The van der Waals surface area contributed by atoms with Crippen LogP contribution in [-0.2, 0) is 11.3 Å². The van der Waals surface area contributed by atoms with E-state index >= 15 is 0 Å². The highest BCUT2D eigenvalue weighted by Gasteiger charge is 2.20. The summed E-state index contributed by atoms with van der Waals surface area (Å²) in [6.45, 7) is 6.09. The maximum atomic E-state index is 12.0. The van der Waals surface area contributed by atoms with Crippen molar-refractivity contribution in [2.24, 2.45) is 5.73 Å².